The Bertz CT molecular complexity index is 128. The van der Waals surface area contributed by atoms with Crippen molar-refractivity contribution in [2.45, 2.75) is 6.92 Å². The highest BCUT2D eigenvalue weighted by Gasteiger charge is 2.01. The smallest absolute Gasteiger partial charge is 0.352 e. The van der Waals surface area contributed by atoms with Crippen LogP contribution in [-0.2, 0) is 9.63 Å². The zero-order valence-corrected chi connectivity index (χ0v) is 5.63. The number of carbonyl (C=O) groups excluding carboxylic acids is 1. The fourth-order valence-corrected chi connectivity index (χ4v) is 0.248. The largest absolute Gasteiger partial charge is 0.354 e. The molecule has 0 atom stereocenters. The van der Waals surface area contributed by atoms with E-state index in [2.05, 4.69) is 11.4 Å². The van der Waals surface area contributed by atoms with Gasteiger partial charge < -0.3 is 4.84 Å². The van der Waals surface area contributed by atoms with E-state index in [1.54, 1.807) is 4.89 Å². The van der Waals surface area contributed by atoms with Gasteiger partial charge in [-0.15, -0.1) is 3.89 Å². The van der Waals surface area contributed by atoms with E-state index in [4.69, 9.17) is 0 Å². The minimum absolute atomic E-state index is 0.219. The Labute approximate surface area is 56.6 Å². The van der Waals surface area contributed by atoms with Gasteiger partial charge in [0.05, 0.1) is 0 Å². The number of nitrogens with one attached hydrogen (secondary N) is 1. The first-order valence-corrected chi connectivity index (χ1v) is 2.79. The van der Waals surface area contributed by atoms with Crippen molar-refractivity contribution in [2.75, 3.05) is 0 Å². The summed E-state index contributed by atoms with van der Waals surface area (Å²) in [5, 5.41) is 0. The van der Waals surface area contributed by atoms with Gasteiger partial charge in [-0.05, 0) is 6.92 Å². The van der Waals surface area contributed by atoms with Gasteiger partial charge in [0.25, 0.3) is 0 Å². The van der Waals surface area contributed by atoms with E-state index < -0.39 is 5.97 Å². The molecule has 9 heavy (non-hydrogen) atoms. The summed E-state index contributed by atoms with van der Waals surface area (Å²) in [7, 11) is 0. The molecule has 5 heteroatoms. The molecule has 0 radical (unpaired) electrons. The van der Waals surface area contributed by atoms with Crippen molar-refractivity contribution in [2.24, 2.45) is 0 Å². The molecule has 0 aromatic carbocycles. The van der Waals surface area contributed by atoms with Crippen molar-refractivity contribution in [3.8, 4) is 0 Å². The maximum absolute atomic E-state index is 11.1. The molecule has 0 aliphatic carbocycles. The van der Waals surface area contributed by atoms with Crippen molar-refractivity contribution in [1.29, 1.82) is 0 Å². The molecule has 0 rings (SSSR count). The van der Waals surface area contributed by atoms with Gasteiger partial charge in [-0.3, -0.25) is 0 Å². The molecule has 0 spiro atoms. The molecule has 0 heterocycles. The van der Waals surface area contributed by atoms with Crippen LogP contribution >= 0.6 is 12.3 Å². The highest BCUT2D eigenvalue weighted by atomic mass is 32.2. The zero-order chi connectivity index (χ0) is 7.28. The Morgan fingerprint density at radius 2 is 2.44 bits per heavy atom. The minimum atomic E-state index is -0.667. The topological polar surface area (TPSA) is 38.3 Å². The normalized spacial score (nSPS) is 8.67. The van der Waals surface area contributed by atoms with E-state index in [1.807, 2.05) is 0 Å². The SMILES string of the molecule is C=C(C)C(=O)ONSF. The van der Waals surface area contributed by atoms with Crippen molar-refractivity contribution in [3.05, 3.63) is 12.2 Å². The maximum Gasteiger partial charge on any atom is 0.352 e. The molecule has 0 aliphatic heterocycles. The van der Waals surface area contributed by atoms with Crippen LogP contribution in [0.1, 0.15) is 6.92 Å². The molecule has 0 bridgehead atoms. The van der Waals surface area contributed by atoms with E-state index in [9.17, 15) is 8.68 Å². The summed E-state index contributed by atoms with van der Waals surface area (Å²) in [5.74, 6) is -0.667. The van der Waals surface area contributed by atoms with Crippen LogP contribution in [0.15, 0.2) is 12.2 Å². The fourth-order valence-electron chi connectivity index (χ4n) is 0.141. The van der Waals surface area contributed by atoms with E-state index in [0.717, 1.165) is 0 Å². The summed E-state index contributed by atoms with van der Waals surface area (Å²) in [6.07, 6.45) is 0. The summed E-state index contributed by atoms with van der Waals surface area (Å²) in [4.78, 5) is 16.1. The Hall–Kier alpha value is -0.550. The van der Waals surface area contributed by atoms with Gasteiger partial charge in [-0.1, -0.05) is 11.5 Å². The standard InChI is InChI=1S/C4H6FNO2S/c1-3(2)4(7)8-6-9-5/h6H,1H2,2H3. The number of hydrogen-bond donors (Lipinski definition) is 1. The van der Waals surface area contributed by atoms with Crippen molar-refractivity contribution < 1.29 is 13.5 Å². The third-order valence-electron chi connectivity index (χ3n) is 0.514. The number of hydrogen-bond acceptors (Lipinski definition) is 4. The Balaban J connectivity index is 3.39. The van der Waals surface area contributed by atoms with Crippen molar-refractivity contribution in [1.82, 2.24) is 4.89 Å². The van der Waals surface area contributed by atoms with Crippen LogP contribution in [0, 0.1) is 0 Å². The average molecular weight is 151 g/mol. The fraction of sp³-hybridized carbons (Fsp3) is 0.250. The van der Waals surface area contributed by atoms with E-state index in [-0.39, 0.29) is 17.9 Å². The lowest BCUT2D eigenvalue weighted by Gasteiger charge is -1.97. The summed E-state index contributed by atoms with van der Waals surface area (Å²) < 4.78 is 11.1. The first-order valence-electron chi connectivity index (χ1n) is 2.07. The predicted molar refractivity (Wildman–Crippen MR) is 32.7 cm³/mol. The van der Waals surface area contributed by atoms with Crippen LogP contribution in [0.5, 0.6) is 0 Å². The molecule has 3 nitrogen and oxygen atoms in total. The molecule has 0 unspecified atom stereocenters. The number of rotatable bonds is 3. The summed E-state index contributed by atoms with van der Waals surface area (Å²) in [6, 6.07) is 0. The van der Waals surface area contributed by atoms with Gasteiger partial charge in [-0.25, -0.2) is 4.79 Å². The molecule has 0 aromatic rings. The second-order valence-electron chi connectivity index (χ2n) is 1.33. The van der Waals surface area contributed by atoms with Crippen molar-refractivity contribution >= 4 is 18.3 Å². The summed E-state index contributed by atoms with van der Waals surface area (Å²) in [6.45, 7) is 4.73. The molecule has 0 saturated heterocycles. The van der Waals surface area contributed by atoms with Crippen LogP contribution in [-0.4, -0.2) is 5.97 Å². The van der Waals surface area contributed by atoms with E-state index in [0.29, 0.717) is 0 Å². The lowest BCUT2D eigenvalue weighted by molar-refractivity contribution is -0.141. The zero-order valence-electron chi connectivity index (χ0n) is 4.81. The lowest BCUT2D eigenvalue weighted by Crippen LogP contribution is -2.12. The third-order valence-corrected chi connectivity index (χ3v) is 0.661. The van der Waals surface area contributed by atoms with Crippen LogP contribution in [0.2, 0.25) is 0 Å². The van der Waals surface area contributed by atoms with Crippen LogP contribution in [0.25, 0.3) is 0 Å². The van der Waals surface area contributed by atoms with E-state index >= 15 is 0 Å². The molecule has 52 valence electrons. The van der Waals surface area contributed by atoms with Crippen LogP contribution in [0.4, 0.5) is 3.89 Å². The molecule has 0 aliphatic rings. The molecular formula is C4H6FNO2S. The molecular weight excluding hydrogens is 145 g/mol. The quantitative estimate of drug-likeness (QED) is 0.373. The maximum atomic E-state index is 11.1. The van der Waals surface area contributed by atoms with Crippen LogP contribution < -0.4 is 4.89 Å². The van der Waals surface area contributed by atoms with E-state index in [1.165, 1.54) is 6.92 Å². The molecule has 0 saturated carbocycles. The number of carbonyl (C=O) groups is 1. The van der Waals surface area contributed by atoms with Gasteiger partial charge in [0.15, 0.2) is 12.3 Å². The number of halogens is 1. The Morgan fingerprint density at radius 3 is 2.78 bits per heavy atom. The molecule has 1 N–H and O–H groups in total. The Morgan fingerprint density at radius 1 is 1.89 bits per heavy atom. The third kappa shape index (κ3) is 3.99. The second kappa shape index (κ2) is 4.34. The highest BCUT2D eigenvalue weighted by molar-refractivity contribution is 7.92. The average Bonchev–Trinajstić information content (AvgIpc) is 1.82. The first kappa shape index (κ1) is 8.45. The van der Waals surface area contributed by atoms with Gasteiger partial charge in [0, 0.05) is 5.57 Å². The van der Waals surface area contributed by atoms with Gasteiger partial charge in [0.1, 0.15) is 0 Å². The molecule has 0 amide bonds. The monoisotopic (exact) mass is 151 g/mol. The first-order chi connectivity index (χ1) is 4.18. The summed E-state index contributed by atoms with van der Waals surface area (Å²) >= 11 is -0.287. The minimum Gasteiger partial charge on any atom is -0.354 e. The molecule has 0 aromatic heterocycles. The van der Waals surface area contributed by atoms with Gasteiger partial charge in [-0.2, -0.15) is 0 Å². The van der Waals surface area contributed by atoms with Gasteiger partial charge >= 0.3 is 5.97 Å². The second-order valence-corrected chi connectivity index (χ2v) is 1.65. The predicted octanol–water partition coefficient (Wildman–Crippen LogP) is 1.14. The van der Waals surface area contributed by atoms with Gasteiger partial charge in [0.2, 0.25) is 0 Å². The van der Waals surface area contributed by atoms with Crippen molar-refractivity contribution in [3.63, 3.8) is 0 Å². The molecule has 0 fully saturated rings. The highest BCUT2D eigenvalue weighted by Crippen LogP contribution is 1.95. The van der Waals surface area contributed by atoms with Crippen LogP contribution in [0.3, 0.4) is 0 Å². The Kier molecular flexibility index (Phi) is 4.08. The lowest BCUT2D eigenvalue weighted by atomic mass is 10.4. The summed E-state index contributed by atoms with van der Waals surface area (Å²) in [5.41, 5.74) is 0.219.